The molecule has 2 N–H and O–H groups in total. The lowest BCUT2D eigenvalue weighted by Crippen LogP contribution is -2.15. The molecule has 1 aromatic heterocycles. The Morgan fingerprint density at radius 3 is 2.91 bits per heavy atom. The number of fused-ring (bicyclic) bond motifs is 2. The molecule has 0 aliphatic carbocycles. The van der Waals surface area contributed by atoms with Crippen molar-refractivity contribution in [1.29, 1.82) is 0 Å². The van der Waals surface area contributed by atoms with Gasteiger partial charge in [0.05, 0.1) is 5.52 Å². The van der Waals surface area contributed by atoms with Gasteiger partial charge < -0.3 is 10.6 Å². The maximum absolute atomic E-state index is 6.16. The minimum absolute atomic E-state index is 0.511. The van der Waals surface area contributed by atoms with Crippen LogP contribution in [0.15, 0.2) is 42.7 Å². The summed E-state index contributed by atoms with van der Waals surface area (Å²) in [6, 6.07) is 12.1. The molecular formula is C17H15ClN4. The molecule has 22 heavy (non-hydrogen) atoms. The highest BCUT2D eigenvalue weighted by Gasteiger charge is 2.23. The van der Waals surface area contributed by atoms with Gasteiger partial charge in [-0.25, -0.2) is 9.97 Å². The van der Waals surface area contributed by atoms with Gasteiger partial charge >= 0.3 is 0 Å². The van der Waals surface area contributed by atoms with E-state index in [1.54, 1.807) is 6.33 Å². The van der Waals surface area contributed by atoms with Gasteiger partial charge in [-0.05, 0) is 41.8 Å². The largest absolute Gasteiger partial charge is 0.326 e. The van der Waals surface area contributed by atoms with E-state index in [0.717, 1.165) is 46.0 Å². The number of benzene rings is 2. The monoisotopic (exact) mass is 310 g/mol. The van der Waals surface area contributed by atoms with E-state index in [2.05, 4.69) is 27.0 Å². The van der Waals surface area contributed by atoms with Crippen molar-refractivity contribution in [3.8, 4) is 0 Å². The molecule has 4 rings (SSSR count). The van der Waals surface area contributed by atoms with Crippen LogP contribution >= 0.6 is 11.6 Å². The summed E-state index contributed by atoms with van der Waals surface area (Å²) >= 11 is 6.16. The van der Waals surface area contributed by atoms with Crippen LogP contribution in [0.3, 0.4) is 0 Å². The van der Waals surface area contributed by atoms with Crippen molar-refractivity contribution in [2.45, 2.75) is 13.0 Å². The third-order valence-electron chi connectivity index (χ3n) is 4.11. The van der Waals surface area contributed by atoms with Crippen LogP contribution in [0, 0.1) is 0 Å². The van der Waals surface area contributed by atoms with Crippen LogP contribution in [0.4, 0.5) is 11.5 Å². The zero-order chi connectivity index (χ0) is 15.1. The van der Waals surface area contributed by atoms with Crippen LogP contribution in [0.1, 0.15) is 11.1 Å². The molecule has 1 aliphatic rings. The second kappa shape index (κ2) is 5.23. The standard InChI is InChI=1S/C17H15ClN4/c18-13-3-2-12-5-6-22(16(12)8-13)17-14-4-1-11(9-19)7-15(14)20-10-21-17/h1-4,7-8,10H,5-6,9,19H2. The van der Waals surface area contributed by atoms with Crippen molar-refractivity contribution in [2.75, 3.05) is 11.4 Å². The Morgan fingerprint density at radius 2 is 2.05 bits per heavy atom. The lowest BCUT2D eigenvalue weighted by atomic mass is 10.1. The van der Waals surface area contributed by atoms with E-state index in [1.165, 1.54) is 5.56 Å². The lowest BCUT2D eigenvalue weighted by molar-refractivity contribution is 0.974. The van der Waals surface area contributed by atoms with Crippen molar-refractivity contribution < 1.29 is 0 Å². The molecular weight excluding hydrogens is 296 g/mol. The second-order valence-corrected chi connectivity index (χ2v) is 5.86. The summed E-state index contributed by atoms with van der Waals surface area (Å²) in [4.78, 5) is 11.1. The molecule has 0 radical (unpaired) electrons. The number of nitrogens with two attached hydrogens (primary N) is 1. The predicted octanol–water partition coefficient (Wildman–Crippen LogP) is 3.44. The van der Waals surface area contributed by atoms with Gasteiger partial charge in [0.2, 0.25) is 0 Å². The van der Waals surface area contributed by atoms with Crippen LogP contribution in [0.5, 0.6) is 0 Å². The Morgan fingerprint density at radius 1 is 1.14 bits per heavy atom. The highest BCUT2D eigenvalue weighted by Crippen LogP contribution is 2.37. The van der Waals surface area contributed by atoms with Crippen molar-refractivity contribution in [3.63, 3.8) is 0 Å². The summed E-state index contributed by atoms with van der Waals surface area (Å²) in [5.74, 6) is 0.926. The van der Waals surface area contributed by atoms with E-state index in [9.17, 15) is 0 Å². The number of anilines is 2. The number of hydrogen-bond donors (Lipinski definition) is 1. The summed E-state index contributed by atoms with van der Waals surface area (Å²) in [5.41, 5.74) is 10.1. The average Bonchev–Trinajstić information content (AvgIpc) is 2.96. The molecule has 0 spiro atoms. The van der Waals surface area contributed by atoms with Crippen molar-refractivity contribution in [1.82, 2.24) is 9.97 Å². The van der Waals surface area contributed by atoms with Crippen LogP contribution in [-0.4, -0.2) is 16.5 Å². The minimum Gasteiger partial charge on any atom is -0.326 e. The summed E-state index contributed by atoms with van der Waals surface area (Å²) in [7, 11) is 0. The maximum atomic E-state index is 6.16. The summed E-state index contributed by atoms with van der Waals surface area (Å²) in [6.45, 7) is 1.41. The molecule has 0 saturated heterocycles. The highest BCUT2D eigenvalue weighted by atomic mass is 35.5. The first kappa shape index (κ1) is 13.5. The normalized spacial score (nSPS) is 13.6. The average molecular weight is 311 g/mol. The number of aromatic nitrogens is 2. The summed E-state index contributed by atoms with van der Waals surface area (Å²) < 4.78 is 0. The molecule has 2 aromatic carbocycles. The molecule has 0 unspecified atom stereocenters. The summed E-state index contributed by atoms with van der Waals surface area (Å²) in [5, 5.41) is 1.78. The fraction of sp³-hybridized carbons (Fsp3) is 0.176. The molecule has 5 heteroatoms. The van der Waals surface area contributed by atoms with Crippen molar-refractivity contribution in [2.24, 2.45) is 5.73 Å². The first-order chi connectivity index (χ1) is 10.8. The molecule has 110 valence electrons. The van der Waals surface area contributed by atoms with E-state index in [0.29, 0.717) is 6.54 Å². The van der Waals surface area contributed by atoms with E-state index in [-0.39, 0.29) is 0 Å². The lowest BCUT2D eigenvalue weighted by Gasteiger charge is -2.20. The third kappa shape index (κ3) is 2.12. The number of nitrogens with zero attached hydrogens (tertiary/aromatic N) is 3. The molecule has 2 heterocycles. The topological polar surface area (TPSA) is 55.0 Å². The van der Waals surface area contributed by atoms with Gasteiger partial charge in [0.15, 0.2) is 0 Å². The second-order valence-electron chi connectivity index (χ2n) is 5.43. The Kier molecular flexibility index (Phi) is 3.21. The van der Waals surface area contributed by atoms with Gasteiger partial charge in [-0.3, -0.25) is 0 Å². The van der Waals surface area contributed by atoms with Gasteiger partial charge in [-0.2, -0.15) is 0 Å². The molecule has 0 fully saturated rings. The summed E-state index contributed by atoms with van der Waals surface area (Å²) in [6.07, 6.45) is 2.61. The Labute approximate surface area is 133 Å². The first-order valence-electron chi connectivity index (χ1n) is 7.26. The van der Waals surface area contributed by atoms with Crippen LogP contribution in [-0.2, 0) is 13.0 Å². The molecule has 0 bridgehead atoms. The van der Waals surface area contributed by atoms with Gasteiger partial charge in [-0.15, -0.1) is 0 Å². The van der Waals surface area contributed by atoms with Crippen LogP contribution in [0.25, 0.3) is 10.9 Å². The predicted molar refractivity (Wildman–Crippen MR) is 89.6 cm³/mol. The van der Waals surface area contributed by atoms with E-state index in [1.807, 2.05) is 24.3 Å². The van der Waals surface area contributed by atoms with Crippen LogP contribution in [0.2, 0.25) is 5.02 Å². The highest BCUT2D eigenvalue weighted by molar-refractivity contribution is 6.31. The van der Waals surface area contributed by atoms with Gasteiger partial charge in [0, 0.05) is 29.2 Å². The number of hydrogen-bond acceptors (Lipinski definition) is 4. The molecule has 0 amide bonds. The van der Waals surface area contributed by atoms with Gasteiger partial charge in [-0.1, -0.05) is 23.7 Å². The minimum atomic E-state index is 0.511. The third-order valence-corrected chi connectivity index (χ3v) is 4.35. The quantitative estimate of drug-likeness (QED) is 0.788. The fourth-order valence-electron chi connectivity index (χ4n) is 3.00. The van der Waals surface area contributed by atoms with Crippen molar-refractivity contribution in [3.05, 3.63) is 58.9 Å². The maximum Gasteiger partial charge on any atom is 0.144 e. The van der Waals surface area contributed by atoms with Gasteiger partial charge in [0.1, 0.15) is 12.1 Å². The van der Waals surface area contributed by atoms with E-state index < -0.39 is 0 Å². The Hall–Kier alpha value is -2.17. The Bertz CT molecular complexity index is 862. The molecule has 0 atom stereocenters. The molecule has 0 saturated carbocycles. The fourth-order valence-corrected chi connectivity index (χ4v) is 3.17. The molecule has 1 aliphatic heterocycles. The van der Waals surface area contributed by atoms with Crippen LogP contribution < -0.4 is 10.6 Å². The van der Waals surface area contributed by atoms with Gasteiger partial charge in [0.25, 0.3) is 0 Å². The van der Waals surface area contributed by atoms with E-state index >= 15 is 0 Å². The number of rotatable bonds is 2. The zero-order valence-electron chi connectivity index (χ0n) is 12.0. The molecule has 3 aromatic rings. The van der Waals surface area contributed by atoms with Crippen molar-refractivity contribution >= 4 is 34.0 Å². The Balaban J connectivity index is 1.88. The first-order valence-corrected chi connectivity index (χ1v) is 7.64. The zero-order valence-corrected chi connectivity index (χ0v) is 12.7. The molecule has 4 nitrogen and oxygen atoms in total. The van der Waals surface area contributed by atoms with E-state index in [4.69, 9.17) is 17.3 Å². The number of halogens is 1. The SMILES string of the molecule is NCc1ccc2c(N3CCc4ccc(Cl)cc43)ncnc2c1. The smallest absolute Gasteiger partial charge is 0.144 e.